The monoisotopic (exact) mass is 219 g/mol. The minimum atomic E-state index is 0.672. The molecule has 2 heterocycles. The molecule has 0 fully saturated rings. The predicted molar refractivity (Wildman–Crippen MR) is 66.2 cm³/mol. The fourth-order valence-electron chi connectivity index (χ4n) is 1.93. The number of hydrogen-bond acceptors (Lipinski definition) is 2. The Hall–Kier alpha value is -2.60. The predicted octanol–water partition coefficient (Wildman–Crippen LogP) is 3.10. The Morgan fingerprint density at radius 3 is 2.88 bits per heavy atom. The third-order valence-corrected chi connectivity index (χ3v) is 2.80. The van der Waals surface area contributed by atoms with E-state index in [1.54, 1.807) is 12.4 Å². The van der Waals surface area contributed by atoms with Crippen LogP contribution < -0.4 is 0 Å². The molecule has 3 rings (SSSR count). The van der Waals surface area contributed by atoms with Gasteiger partial charge in [0.25, 0.3) is 0 Å². The maximum atomic E-state index is 9.00. The highest BCUT2D eigenvalue weighted by atomic mass is 14.7. The summed E-state index contributed by atoms with van der Waals surface area (Å²) in [5, 5.41) is 9.96. The molecule has 0 amide bonds. The van der Waals surface area contributed by atoms with Crippen molar-refractivity contribution in [2.45, 2.75) is 0 Å². The minimum Gasteiger partial charge on any atom is -0.360 e. The Labute approximate surface area is 98.4 Å². The number of nitriles is 1. The Morgan fingerprint density at radius 2 is 2.12 bits per heavy atom. The van der Waals surface area contributed by atoms with Crippen LogP contribution in [-0.4, -0.2) is 9.97 Å². The first kappa shape index (κ1) is 9.61. The molecule has 0 saturated carbocycles. The minimum absolute atomic E-state index is 0.672. The van der Waals surface area contributed by atoms with Gasteiger partial charge < -0.3 is 4.98 Å². The lowest BCUT2D eigenvalue weighted by Crippen LogP contribution is -1.79. The van der Waals surface area contributed by atoms with Crippen LogP contribution in [0.25, 0.3) is 22.0 Å². The topological polar surface area (TPSA) is 52.5 Å². The molecule has 0 saturated heterocycles. The van der Waals surface area contributed by atoms with Crippen molar-refractivity contribution in [2.24, 2.45) is 0 Å². The van der Waals surface area contributed by atoms with Crippen LogP contribution >= 0.6 is 0 Å². The molecule has 2 aromatic heterocycles. The van der Waals surface area contributed by atoms with Crippen LogP contribution in [0.2, 0.25) is 0 Å². The fraction of sp³-hybridized carbons (Fsp3) is 0. The Morgan fingerprint density at radius 1 is 1.18 bits per heavy atom. The van der Waals surface area contributed by atoms with E-state index in [4.69, 9.17) is 5.26 Å². The molecule has 3 heteroatoms. The zero-order chi connectivity index (χ0) is 11.7. The van der Waals surface area contributed by atoms with Crippen molar-refractivity contribution >= 4 is 10.9 Å². The molecule has 0 spiro atoms. The zero-order valence-electron chi connectivity index (χ0n) is 9.01. The number of pyridine rings is 1. The van der Waals surface area contributed by atoms with Gasteiger partial charge in [-0.15, -0.1) is 0 Å². The fourth-order valence-corrected chi connectivity index (χ4v) is 1.93. The van der Waals surface area contributed by atoms with Gasteiger partial charge in [0.15, 0.2) is 0 Å². The van der Waals surface area contributed by atoms with Crippen molar-refractivity contribution in [3.05, 3.63) is 54.5 Å². The second-order valence-corrected chi connectivity index (χ2v) is 3.82. The molecule has 3 nitrogen and oxygen atoms in total. The van der Waals surface area contributed by atoms with E-state index in [1.165, 1.54) is 0 Å². The molecular formula is C14H9N3. The molecule has 80 valence electrons. The summed E-state index contributed by atoms with van der Waals surface area (Å²) in [4.78, 5) is 7.18. The van der Waals surface area contributed by atoms with Crippen LogP contribution in [0.3, 0.4) is 0 Å². The van der Waals surface area contributed by atoms with Gasteiger partial charge in [0.1, 0.15) is 6.07 Å². The Balaban J connectivity index is 2.23. The second-order valence-electron chi connectivity index (χ2n) is 3.82. The van der Waals surface area contributed by atoms with Crippen molar-refractivity contribution < 1.29 is 0 Å². The molecule has 17 heavy (non-hydrogen) atoms. The highest BCUT2D eigenvalue weighted by Gasteiger charge is 2.04. The number of nitrogens with zero attached hydrogens (tertiary/aromatic N) is 2. The van der Waals surface area contributed by atoms with Crippen LogP contribution in [0.4, 0.5) is 0 Å². The first-order valence-electron chi connectivity index (χ1n) is 5.30. The summed E-state index contributed by atoms with van der Waals surface area (Å²) in [5.41, 5.74) is 3.78. The molecule has 0 radical (unpaired) electrons. The maximum absolute atomic E-state index is 9.00. The zero-order valence-corrected chi connectivity index (χ0v) is 9.01. The van der Waals surface area contributed by atoms with Crippen LogP contribution in [0.5, 0.6) is 0 Å². The van der Waals surface area contributed by atoms with E-state index in [2.05, 4.69) is 16.0 Å². The molecule has 3 aromatic rings. The number of fused-ring (bicyclic) bond motifs is 1. The second kappa shape index (κ2) is 3.76. The van der Waals surface area contributed by atoms with Gasteiger partial charge in [0, 0.05) is 35.1 Å². The van der Waals surface area contributed by atoms with Crippen molar-refractivity contribution in [3.63, 3.8) is 0 Å². The summed E-state index contributed by atoms with van der Waals surface area (Å²) in [6.45, 7) is 0. The maximum Gasteiger partial charge on any atom is 0.101 e. The Bertz CT molecular complexity index is 705. The van der Waals surface area contributed by atoms with Gasteiger partial charge in [-0.25, -0.2) is 0 Å². The number of aromatic nitrogens is 2. The summed E-state index contributed by atoms with van der Waals surface area (Å²) in [7, 11) is 0. The van der Waals surface area contributed by atoms with E-state index in [0.29, 0.717) is 5.56 Å². The van der Waals surface area contributed by atoms with Crippen LogP contribution in [0, 0.1) is 11.3 Å². The number of benzene rings is 1. The van der Waals surface area contributed by atoms with E-state index in [9.17, 15) is 0 Å². The third kappa shape index (κ3) is 1.56. The largest absolute Gasteiger partial charge is 0.360 e. The third-order valence-electron chi connectivity index (χ3n) is 2.80. The summed E-state index contributed by atoms with van der Waals surface area (Å²) >= 11 is 0. The first-order chi connectivity index (χ1) is 8.38. The summed E-state index contributed by atoms with van der Waals surface area (Å²) < 4.78 is 0. The normalized spacial score (nSPS) is 10.3. The van der Waals surface area contributed by atoms with E-state index in [-0.39, 0.29) is 0 Å². The number of nitrogens with one attached hydrogen (secondary N) is 1. The smallest absolute Gasteiger partial charge is 0.101 e. The van der Waals surface area contributed by atoms with E-state index in [0.717, 1.165) is 22.0 Å². The van der Waals surface area contributed by atoms with Gasteiger partial charge in [-0.3, -0.25) is 4.98 Å². The molecule has 0 unspecified atom stereocenters. The number of hydrogen-bond donors (Lipinski definition) is 1. The average Bonchev–Trinajstić information content (AvgIpc) is 2.81. The van der Waals surface area contributed by atoms with Crippen molar-refractivity contribution in [2.75, 3.05) is 0 Å². The first-order valence-corrected chi connectivity index (χ1v) is 5.30. The van der Waals surface area contributed by atoms with Crippen LogP contribution in [0.1, 0.15) is 5.56 Å². The van der Waals surface area contributed by atoms with Gasteiger partial charge in [-0.2, -0.15) is 5.26 Å². The van der Waals surface area contributed by atoms with Crippen molar-refractivity contribution in [1.82, 2.24) is 9.97 Å². The SMILES string of the molecule is N#Cc1c[nH]c2ccc(-c3cccnc3)cc12. The van der Waals surface area contributed by atoms with Crippen LogP contribution in [-0.2, 0) is 0 Å². The molecule has 0 atom stereocenters. The van der Waals surface area contributed by atoms with E-state index in [1.807, 2.05) is 36.5 Å². The van der Waals surface area contributed by atoms with Gasteiger partial charge in [-0.05, 0) is 23.8 Å². The summed E-state index contributed by atoms with van der Waals surface area (Å²) in [5.74, 6) is 0. The number of rotatable bonds is 1. The molecule has 0 aliphatic heterocycles. The van der Waals surface area contributed by atoms with Crippen molar-refractivity contribution in [1.29, 1.82) is 5.26 Å². The standard InChI is InChI=1S/C14H9N3/c15-7-12-9-17-14-4-3-10(6-13(12)14)11-2-1-5-16-8-11/h1-6,8-9,17H. The van der Waals surface area contributed by atoms with Gasteiger partial charge in [-0.1, -0.05) is 12.1 Å². The Kier molecular flexibility index (Phi) is 2.13. The highest BCUT2D eigenvalue weighted by molar-refractivity contribution is 5.89. The highest BCUT2D eigenvalue weighted by Crippen LogP contribution is 2.25. The molecular weight excluding hydrogens is 210 g/mol. The van der Waals surface area contributed by atoms with E-state index >= 15 is 0 Å². The van der Waals surface area contributed by atoms with Gasteiger partial charge in [0.2, 0.25) is 0 Å². The van der Waals surface area contributed by atoms with Crippen molar-refractivity contribution in [3.8, 4) is 17.2 Å². The molecule has 1 N–H and O–H groups in total. The summed E-state index contributed by atoms with van der Waals surface area (Å²) in [6, 6.07) is 12.1. The molecule has 0 aliphatic rings. The molecule has 0 aliphatic carbocycles. The molecule has 1 aromatic carbocycles. The summed E-state index contributed by atoms with van der Waals surface area (Å²) in [6.07, 6.45) is 5.30. The lowest BCUT2D eigenvalue weighted by Gasteiger charge is -2.00. The number of aromatic amines is 1. The average molecular weight is 219 g/mol. The van der Waals surface area contributed by atoms with Crippen LogP contribution in [0.15, 0.2) is 48.9 Å². The van der Waals surface area contributed by atoms with Gasteiger partial charge >= 0.3 is 0 Å². The quantitative estimate of drug-likeness (QED) is 0.683. The van der Waals surface area contributed by atoms with Gasteiger partial charge in [0.05, 0.1) is 5.56 Å². The molecule has 0 bridgehead atoms. The lowest BCUT2D eigenvalue weighted by molar-refractivity contribution is 1.33. The lowest BCUT2D eigenvalue weighted by atomic mass is 10.0. The number of H-pyrrole nitrogens is 1. The van der Waals surface area contributed by atoms with E-state index < -0.39 is 0 Å².